The summed E-state index contributed by atoms with van der Waals surface area (Å²) >= 11 is 6.71. The van der Waals surface area contributed by atoms with E-state index in [2.05, 4.69) is 19.1 Å². The zero-order chi connectivity index (χ0) is 31.2. The Morgan fingerprint density at radius 2 is 1.73 bits per heavy atom. The molecule has 0 aromatic heterocycles. The zero-order valence-electron chi connectivity index (χ0n) is 24.8. The number of likely N-dealkylation sites (N-methyl/N-ethyl adjacent to an activating group) is 1. The van der Waals surface area contributed by atoms with Crippen LogP contribution in [0.5, 0.6) is 23.0 Å². The van der Waals surface area contributed by atoms with E-state index in [0.29, 0.717) is 40.9 Å². The Bertz CT molecular complexity index is 1720. The first-order valence-corrected chi connectivity index (χ1v) is 14.6. The number of halogens is 1. The van der Waals surface area contributed by atoms with Crippen molar-refractivity contribution in [2.75, 3.05) is 20.3 Å². The number of nitriles is 1. The Labute approximate surface area is 261 Å². The zero-order valence-corrected chi connectivity index (χ0v) is 25.6. The van der Waals surface area contributed by atoms with Crippen LogP contribution in [-0.4, -0.2) is 42.3 Å². The number of rotatable bonds is 11. The highest BCUT2D eigenvalue weighted by Crippen LogP contribution is 2.38. The first kappa shape index (κ1) is 30.7. The van der Waals surface area contributed by atoms with Crippen LogP contribution in [0.1, 0.15) is 34.7 Å². The van der Waals surface area contributed by atoms with E-state index in [1.807, 2.05) is 36.4 Å². The van der Waals surface area contributed by atoms with E-state index in [9.17, 15) is 15.2 Å². The predicted molar refractivity (Wildman–Crippen MR) is 167 cm³/mol. The van der Waals surface area contributed by atoms with E-state index >= 15 is 0 Å². The third-order valence-electron chi connectivity index (χ3n) is 7.69. The number of hydrogen-bond donors (Lipinski definition) is 1. The number of hydrogen-bond acceptors (Lipinski definition) is 7. The largest absolute Gasteiger partial charge is 0.488 e. The van der Waals surface area contributed by atoms with Crippen molar-refractivity contribution in [1.29, 1.82) is 5.26 Å². The van der Waals surface area contributed by atoms with E-state index in [4.69, 9.17) is 30.5 Å². The molecule has 5 rings (SSSR count). The molecule has 0 amide bonds. The fourth-order valence-electron chi connectivity index (χ4n) is 4.95. The molecule has 0 bridgehead atoms. The Hall–Kier alpha value is -4.71. The molecule has 0 aliphatic carbocycles. The van der Waals surface area contributed by atoms with Crippen LogP contribution < -0.4 is 18.9 Å². The normalized spacial score (nSPS) is 12.8. The molecule has 0 spiro atoms. The van der Waals surface area contributed by atoms with Crippen LogP contribution in [0.25, 0.3) is 11.1 Å². The molecule has 0 fully saturated rings. The SMILES string of the molecule is Cc1c(COc2cc(OCc3cccc(C#N)c3)c(CN(C)C(C)C(=O)O)cc2Cl)cccc1-c1ccc2c(c1)OCCO2. The molecule has 0 saturated heterocycles. The predicted octanol–water partition coefficient (Wildman–Crippen LogP) is 7.02. The Morgan fingerprint density at radius 3 is 2.50 bits per heavy atom. The highest BCUT2D eigenvalue weighted by molar-refractivity contribution is 6.32. The maximum Gasteiger partial charge on any atom is 0.320 e. The van der Waals surface area contributed by atoms with Crippen LogP contribution in [0.15, 0.2) is 72.8 Å². The molecule has 8 nitrogen and oxygen atoms in total. The Balaban J connectivity index is 1.39. The fourth-order valence-corrected chi connectivity index (χ4v) is 5.19. The minimum absolute atomic E-state index is 0.207. The summed E-state index contributed by atoms with van der Waals surface area (Å²) in [5.74, 6) is 1.50. The van der Waals surface area contributed by atoms with E-state index in [-0.39, 0.29) is 19.8 Å². The molecule has 9 heteroatoms. The second-order valence-corrected chi connectivity index (χ2v) is 11.1. The molecule has 1 heterocycles. The van der Waals surface area contributed by atoms with Crippen LogP contribution >= 0.6 is 11.6 Å². The van der Waals surface area contributed by atoms with Crippen molar-refractivity contribution in [2.24, 2.45) is 0 Å². The van der Waals surface area contributed by atoms with Crippen LogP contribution in [-0.2, 0) is 24.6 Å². The lowest BCUT2D eigenvalue weighted by Crippen LogP contribution is -2.35. The topological polar surface area (TPSA) is 101 Å². The third-order valence-corrected chi connectivity index (χ3v) is 7.98. The highest BCUT2D eigenvalue weighted by atomic mass is 35.5. The summed E-state index contributed by atoms with van der Waals surface area (Å²) in [4.78, 5) is 13.3. The van der Waals surface area contributed by atoms with Gasteiger partial charge in [0.05, 0.1) is 16.7 Å². The average Bonchev–Trinajstić information content (AvgIpc) is 3.03. The molecular weight excluding hydrogens is 580 g/mol. The van der Waals surface area contributed by atoms with Gasteiger partial charge in [0.25, 0.3) is 0 Å². The lowest BCUT2D eigenvalue weighted by Gasteiger charge is -2.23. The number of carbonyl (C=O) groups is 1. The minimum Gasteiger partial charge on any atom is -0.488 e. The van der Waals surface area contributed by atoms with E-state index in [1.54, 1.807) is 49.2 Å². The van der Waals surface area contributed by atoms with Gasteiger partial charge in [0.15, 0.2) is 11.5 Å². The number of fused-ring (bicyclic) bond motifs is 1. The molecule has 1 aliphatic heterocycles. The summed E-state index contributed by atoms with van der Waals surface area (Å²) in [5.41, 5.74) is 6.21. The number of benzene rings is 4. The molecule has 1 unspecified atom stereocenters. The lowest BCUT2D eigenvalue weighted by atomic mass is 9.96. The summed E-state index contributed by atoms with van der Waals surface area (Å²) in [6.07, 6.45) is 0. The van der Waals surface area contributed by atoms with Gasteiger partial charge in [-0.1, -0.05) is 48.0 Å². The van der Waals surface area contributed by atoms with Gasteiger partial charge in [-0.15, -0.1) is 0 Å². The van der Waals surface area contributed by atoms with Gasteiger partial charge in [0, 0.05) is 18.2 Å². The van der Waals surface area contributed by atoms with Crippen molar-refractivity contribution in [3.8, 4) is 40.2 Å². The molecule has 1 atom stereocenters. The smallest absolute Gasteiger partial charge is 0.320 e. The number of nitrogens with zero attached hydrogens (tertiary/aromatic N) is 2. The first-order valence-electron chi connectivity index (χ1n) is 14.2. The highest BCUT2D eigenvalue weighted by Gasteiger charge is 2.21. The average molecular weight is 613 g/mol. The number of carboxylic acids is 1. The van der Waals surface area contributed by atoms with Gasteiger partial charge in [-0.3, -0.25) is 9.69 Å². The molecule has 1 aliphatic rings. The molecule has 1 N–H and O–H groups in total. The number of ether oxygens (including phenoxy) is 4. The van der Waals surface area contributed by atoms with Gasteiger partial charge in [0.1, 0.15) is 44.0 Å². The van der Waals surface area contributed by atoms with Gasteiger partial charge in [0.2, 0.25) is 0 Å². The van der Waals surface area contributed by atoms with Crippen molar-refractivity contribution in [3.05, 3.63) is 106 Å². The van der Waals surface area contributed by atoms with Crippen LogP contribution in [0, 0.1) is 18.3 Å². The van der Waals surface area contributed by atoms with Gasteiger partial charge >= 0.3 is 5.97 Å². The molecule has 4 aromatic carbocycles. The molecule has 0 saturated carbocycles. The minimum atomic E-state index is -0.928. The maximum absolute atomic E-state index is 11.6. The molecule has 4 aromatic rings. The standard InChI is InChI=1S/C35H33ClN2O6/c1-22-27(8-5-9-29(22)26-10-11-31-34(16-26)42-13-12-41-31)21-44-33-17-32(43-20-25-7-4-6-24(14-25)18-37)28(15-30(33)36)19-38(3)23(2)35(39)40/h4-11,14-17,23H,12-13,19-21H2,1-3H3,(H,39,40). The van der Waals surface area contributed by atoms with Gasteiger partial charge in [-0.05, 0) is 79.0 Å². The fraction of sp³-hybridized carbons (Fsp3) is 0.257. The van der Waals surface area contributed by atoms with E-state index in [0.717, 1.165) is 39.3 Å². The molecule has 226 valence electrons. The number of carboxylic acid groups (broad SMARTS) is 1. The summed E-state index contributed by atoms with van der Waals surface area (Å²) in [6, 6.07) is 24.1. The summed E-state index contributed by atoms with van der Waals surface area (Å²) in [5, 5.41) is 19.1. The first-order chi connectivity index (χ1) is 21.2. The van der Waals surface area contributed by atoms with Gasteiger partial charge in [-0.25, -0.2) is 0 Å². The van der Waals surface area contributed by atoms with E-state index in [1.165, 1.54) is 0 Å². The monoisotopic (exact) mass is 612 g/mol. The second kappa shape index (κ2) is 13.7. The summed E-state index contributed by atoms with van der Waals surface area (Å²) in [7, 11) is 1.73. The maximum atomic E-state index is 11.6. The number of aliphatic carboxylic acids is 1. The van der Waals surface area contributed by atoms with Crippen LogP contribution in [0.4, 0.5) is 0 Å². The van der Waals surface area contributed by atoms with Crippen LogP contribution in [0.2, 0.25) is 5.02 Å². The van der Waals surface area contributed by atoms with Crippen molar-refractivity contribution in [1.82, 2.24) is 4.90 Å². The van der Waals surface area contributed by atoms with Crippen molar-refractivity contribution < 1.29 is 28.8 Å². The van der Waals surface area contributed by atoms with Crippen molar-refractivity contribution in [3.63, 3.8) is 0 Å². The summed E-state index contributed by atoms with van der Waals surface area (Å²) in [6.45, 7) is 5.51. The molecule has 0 radical (unpaired) electrons. The van der Waals surface area contributed by atoms with E-state index < -0.39 is 12.0 Å². The lowest BCUT2D eigenvalue weighted by molar-refractivity contribution is -0.142. The molecular formula is C35H33ClN2O6. The Morgan fingerprint density at radius 1 is 0.977 bits per heavy atom. The second-order valence-electron chi connectivity index (χ2n) is 10.7. The van der Waals surface area contributed by atoms with Crippen LogP contribution in [0.3, 0.4) is 0 Å². The van der Waals surface area contributed by atoms with Gasteiger partial charge < -0.3 is 24.1 Å². The quantitative estimate of drug-likeness (QED) is 0.193. The van der Waals surface area contributed by atoms with Crippen molar-refractivity contribution in [2.45, 2.75) is 39.6 Å². The Kier molecular flexibility index (Phi) is 9.59. The van der Waals surface area contributed by atoms with Crippen molar-refractivity contribution >= 4 is 17.6 Å². The third kappa shape index (κ3) is 7.08. The summed E-state index contributed by atoms with van der Waals surface area (Å²) < 4.78 is 23.9. The molecule has 44 heavy (non-hydrogen) atoms. The van der Waals surface area contributed by atoms with Gasteiger partial charge in [-0.2, -0.15) is 5.26 Å².